The molecule has 3 N–H and O–H groups in total. The number of hydrogen-bond donors (Lipinski definition) is 3. The second kappa shape index (κ2) is 8.91. The number of fused-ring (bicyclic) bond motifs is 1. The maximum Gasteiger partial charge on any atom is 0.252 e. The average molecular weight is 377 g/mol. The number of anilines is 1. The fourth-order valence-electron chi connectivity index (χ4n) is 4.00. The molecular weight excluding hydrogens is 348 g/mol. The lowest BCUT2D eigenvalue weighted by molar-refractivity contribution is 0.0954. The Balaban J connectivity index is 1.28. The Labute approximate surface area is 166 Å². The molecule has 1 aliphatic rings. The molecule has 0 unspecified atom stereocenters. The quantitative estimate of drug-likeness (QED) is 0.548. The molecule has 5 heteroatoms. The minimum atomic E-state index is -0.0756. The van der Waals surface area contributed by atoms with Gasteiger partial charge in [0.2, 0.25) is 0 Å². The molecule has 3 aromatic rings. The van der Waals surface area contributed by atoms with Crippen molar-refractivity contribution in [2.75, 3.05) is 11.9 Å². The number of benzene rings is 1. The van der Waals surface area contributed by atoms with Gasteiger partial charge in [0.15, 0.2) is 0 Å². The number of nitrogens with one attached hydrogen (secondary N) is 3. The van der Waals surface area contributed by atoms with Crippen molar-refractivity contribution in [2.45, 2.75) is 51.0 Å². The summed E-state index contributed by atoms with van der Waals surface area (Å²) in [5.74, 6) is 0.788. The lowest BCUT2D eigenvalue weighted by Crippen LogP contribution is -2.26. The van der Waals surface area contributed by atoms with Crippen molar-refractivity contribution in [1.29, 1.82) is 0 Å². The highest BCUT2D eigenvalue weighted by Gasteiger charge is 2.13. The van der Waals surface area contributed by atoms with E-state index in [1.165, 1.54) is 49.5 Å². The Morgan fingerprint density at radius 3 is 2.68 bits per heavy atom. The molecule has 0 atom stereocenters. The molecule has 5 nitrogen and oxygen atoms in total. The molecule has 4 rings (SSSR count). The Hall–Kier alpha value is -2.82. The molecule has 146 valence electrons. The molecule has 1 aromatic carbocycles. The standard InChI is InChI=1S/C23H28N4O/c28-23(24-14-13-17-15-25-21-10-6-5-9-20(17)21)18-11-12-22(26-16-18)27-19-7-3-1-2-4-8-19/h5-6,9-12,15-16,19,25H,1-4,7-8,13-14H2,(H,24,28)(H,26,27). The van der Waals surface area contributed by atoms with E-state index < -0.39 is 0 Å². The number of H-pyrrole nitrogens is 1. The third-order valence-electron chi connectivity index (χ3n) is 5.59. The molecule has 0 spiro atoms. The van der Waals surface area contributed by atoms with Crippen molar-refractivity contribution in [3.8, 4) is 0 Å². The van der Waals surface area contributed by atoms with Gasteiger partial charge in [-0.2, -0.15) is 0 Å². The van der Waals surface area contributed by atoms with Crippen LogP contribution in [0.3, 0.4) is 0 Å². The molecule has 1 saturated carbocycles. The summed E-state index contributed by atoms with van der Waals surface area (Å²) in [5, 5.41) is 7.73. The smallest absolute Gasteiger partial charge is 0.252 e. The van der Waals surface area contributed by atoms with Gasteiger partial charge in [-0.15, -0.1) is 0 Å². The first kappa shape index (κ1) is 18.5. The Morgan fingerprint density at radius 1 is 1.07 bits per heavy atom. The second-order valence-corrected chi connectivity index (χ2v) is 7.63. The Bertz CT molecular complexity index is 908. The van der Waals surface area contributed by atoms with Crippen LogP contribution in [0.2, 0.25) is 0 Å². The third kappa shape index (κ3) is 4.53. The summed E-state index contributed by atoms with van der Waals surface area (Å²) in [6, 6.07) is 12.5. The summed E-state index contributed by atoms with van der Waals surface area (Å²) < 4.78 is 0. The van der Waals surface area contributed by atoms with Crippen LogP contribution in [-0.2, 0) is 6.42 Å². The first-order chi connectivity index (χ1) is 13.8. The van der Waals surface area contributed by atoms with Gasteiger partial charge in [-0.25, -0.2) is 4.98 Å². The third-order valence-corrected chi connectivity index (χ3v) is 5.59. The van der Waals surface area contributed by atoms with Gasteiger partial charge in [-0.1, -0.05) is 43.9 Å². The predicted molar refractivity (Wildman–Crippen MR) is 114 cm³/mol. The van der Waals surface area contributed by atoms with Crippen molar-refractivity contribution in [3.63, 3.8) is 0 Å². The number of aromatic nitrogens is 2. The highest BCUT2D eigenvalue weighted by Crippen LogP contribution is 2.20. The van der Waals surface area contributed by atoms with Crippen molar-refractivity contribution >= 4 is 22.6 Å². The van der Waals surface area contributed by atoms with Crippen molar-refractivity contribution in [1.82, 2.24) is 15.3 Å². The minimum Gasteiger partial charge on any atom is -0.367 e. The highest BCUT2D eigenvalue weighted by molar-refractivity contribution is 5.94. The summed E-state index contributed by atoms with van der Waals surface area (Å²) in [6.07, 6.45) is 12.1. The zero-order chi connectivity index (χ0) is 19.2. The molecule has 0 bridgehead atoms. The highest BCUT2D eigenvalue weighted by atomic mass is 16.1. The molecule has 28 heavy (non-hydrogen) atoms. The van der Waals surface area contributed by atoms with E-state index >= 15 is 0 Å². The van der Waals surface area contributed by atoms with E-state index in [1.54, 1.807) is 6.20 Å². The average Bonchev–Trinajstić information content (AvgIpc) is 2.96. The fraction of sp³-hybridized carbons (Fsp3) is 0.391. The Morgan fingerprint density at radius 2 is 1.89 bits per heavy atom. The van der Waals surface area contributed by atoms with Crippen LogP contribution in [0.25, 0.3) is 10.9 Å². The number of rotatable bonds is 6. The van der Waals surface area contributed by atoms with Gasteiger partial charge in [0.05, 0.1) is 5.56 Å². The van der Waals surface area contributed by atoms with E-state index in [1.807, 2.05) is 30.5 Å². The van der Waals surface area contributed by atoms with Crippen LogP contribution in [-0.4, -0.2) is 28.5 Å². The molecular formula is C23H28N4O. The molecule has 0 radical (unpaired) electrons. The normalized spacial score (nSPS) is 15.3. The lowest BCUT2D eigenvalue weighted by atomic mass is 10.1. The maximum atomic E-state index is 12.4. The zero-order valence-corrected chi connectivity index (χ0v) is 16.2. The van der Waals surface area contributed by atoms with Gasteiger partial charge in [0, 0.05) is 35.9 Å². The minimum absolute atomic E-state index is 0.0756. The number of pyridine rings is 1. The lowest BCUT2D eigenvalue weighted by Gasteiger charge is -2.16. The molecule has 1 aliphatic carbocycles. The number of carbonyl (C=O) groups excluding carboxylic acids is 1. The SMILES string of the molecule is O=C(NCCc1c[nH]c2ccccc12)c1ccc(NC2CCCCCC2)nc1. The van der Waals surface area contributed by atoms with Crippen LogP contribution in [0.1, 0.15) is 54.4 Å². The predicted octanol–water partition coefficient (Wildman–Crippen LogP) is 4.67. The van der Waals surface area contributed by atoms with E-state index in [2.05, 4.69) is 32.7 Å². The van der Waals surface area contributed by atoms with Crippen molar-refractivity contribution in [2.24, 2.45) is 0 Å². The molecule has 1 fully saturated rings. The second-order valence-electron chi connectivity index (χ2n) is 7.63. The zero-order valence-electron chi connectivity index (χ0n) is 16.2. The summed E-state index contributed by atoms with van der Waals surface area (Å²) >= 11 is 0. The van der Waals surface area contributed by atoms with Crippen LogP contribution >= 0.6 is 0 Å². The van der Waals surface area contributed by atoms with Gasteiger partial charge >= 0.3 is 0 Å². The van der Waals surface area contributed by atoms with Crippen LogP contribution in [0.5, 0.6) is 0 Å². The first-order valence-corrected chi connectivity index (χ1v) is 10.4. The molecule has 2 heterocycles. The van der Waals surface area contributed by atoms with Gasteiger partial charge in [0.25, 0.3) is 5.91 Å². The monoisotopic (exact) mass is 376 g/mol. The topological polar surface area (TPSA) is 69.8 Å². The van der Waals surface area contributed by atoms with Crippen molar-refractivity contribution in [3.05, 3.63) is 59.9 Å². The maximum absolute atomic E-state index is 12.4. The molecule has 2 aromatic heterocycles. The van der Waals surface area contributed by atoms with E-state index in [4.69, 9.17) is 0 Å². The van der Waals surface area contributed by atoms with Gasteiger partial charge in [-0.3, -0.25) is 4.79 Å². The summed E-state index contributed by atoms with van der Waals surface area (Å²) in [7, 11) is 0. The van der Waals surface area contributed by atoms with E-state index in [0.29, 0.717) is 18.2 Å². The fourth-order valence-corrected chi connectivity index (χ4v) is 4.00. The summed E-state index contributed by atoms with van der Waals surface area (Å²) in [4.78, 5) is 20.1. The number of aromatic amines is 1. The number of nitrogens with zero attached hydrogens (tertiary/aromatic N) is 1. The van der Waals surface area contributed by atoms with Crippen LogP contribution < -0.4 is 10.6 Å². The van der Waals surface area contributed by atoms with E-state index in [-0.39, 0.29) is 5.91 Å². The number of carbonyl (C=O) groups is 1. The van der Waals surface area contributed by atoms with Gasteiger partial charge < -0.3 is 15.6 Å². The van der Waals surface area contributed by atoms with Gasteiger partial charge in [-0.05, 0) is 43.0 Å². The van der Waals surface area contributed by atoms with E-state index in [0.717, 1.165) is 17.8 Å². The van der Waals surface area contributed by atoms with Crippen LogP contribution in [0.4, 0.5) is 5.82 Å². The number of para-hydroxylation sites is 1. The number of hydrogen-bond acceptors (Lipinski definition) is 3. The largest absolute Gasteiger partial charge is 0.367 e. The molecule has 0 saturated heterocycles. The van der Waals surface area contributed by atoms with Crippen molar-refractivity contribution < 1.29 is 4.79 Å². The molecule has 1 amide bonds. The van der Waals surface area contributed by atoms with Crippen LogP contribution in [0, 0.1) is 0 Å². The first-order valence-electron chi connectivity index (χ1n) is 10.4. The Kier molecular flexibility index (Phi) is 5.90. The molecule has 0 aliphatic heterocycles. The number of amides is 1. The van der Waals surface area contributed by atoms with Crippen LogP contribution in [0.15, 0.2) is 48.8 Å². The summed E-state index contributed by atoms with van der Waals surface area (Å²) in [6.45, 7) is 0.600. The van der Waals surface area contributed by atoms with E-state index in [9.17, 15) is 4.79 Å². The van der Waals surface area contributed by atoms with Gasteiger partial charge in [0.1, 0.15) is 5.82 Å². The summed E-state index contributed by atoms with van der Waals surface area (Å²) in [5.41, 5.74) is 2.95.